The van der Waals surface area contributed by atoms with Gasteiger partial charge in [-0.2, -0.15) is 0 Å². The number of H-pyrrole nitrogens is 1. The predicted octanol–water partition coefficient (Wildman–Crippen LogP) is 3.22. The number of pyridine rings is 1. The number of aryl methyl sites for hydroxylation is 1. The minimum atomic E-state index is 0.333. The molecule has 0 saturated carbocycles. The summed E-state index contributed by atoms with van der Waals surface area (Å²) in [5, 5.41) is 4.62. The molecule has 1 atom stereocenters. The molecule has 3 heteroatoms. The summed E-state index contributed by atoms with van der Waals surface area (Å²) in [6.45, 7) is 3.06. The van der Waals surface area contributed by atoms with E-state index in [2.05, 4.69) is 58.6 Å². The van der Waals surface area contributed by atoms with E-state index >= 15 is 0 Å². The maximum Gasteiger partial charge on any atom is 0.0459 e. The molecule has 1 unspecified atom stereocenters. The summed E-state index contributed by atoms with van der Waals surface area (Å²) >= 11 is 0. The molecular formula is C17H19N3. The largest absolute Gasteiger partial charge is 0.358 e. The van der Waals surface area contributed by atoms with E-state index in [1.807, 2.05) is 19.4 Å². The lowest BCUT2D eigenvalue weighted by atomic mass is 9.90. The molecule has 2 aromatic heterocycles. The molecule has 0 fully saturated rings. The number of nitrogens with one attached hydrogen (secondary N) is 2. The Balaban J connectivity index is 2.17. The SMILES string of the molecule is CNCC(c1ccncc1)c1c(C)[nH]c2ccccc12. The Hall–Kier alpha value is -2.13. The Morgan fingerprint density at radius 3 is 2.65 bits per heavy atom. The Kier molecular flexibility index (Phi) is 3.52. The first-order chi connectivity index (χ1) is 9.81. The van der Waals surface area contributed by atoms with Crippen molar-refractivity contribution in [3.05, 3.63) is 65.6 Å². The Morgan fingerprint density at radius 1 is 1.15 bits per heavy atom. The highest BCUT2D eigenvalue weighted by atomic mass is 14.8. The Bertz CT molecular complexity index is 701. The van der Waals surface area contributed by atoms with E-state index in [1.165, 1.54) is 27.7 Å². The maximum absolute atomic E-state index is 4.13. The topological polar surface area (TPSA) is 40.7 Å². The molecule has 102 valence electrons. The molecule has 3 nitrogen and oxygen atoms in total. The molecule has 0 aliphatic rings. The molecule has 0 radical (unpaired) electrons. The monoisotopic (exact) mass is 265 g/mol. The predicted molar refractivity (Wildman–Crippen MR) is 83.0 cm³/mol. The number of fused-ring (bicyclic) bond motifs is 1. The third-order valence-corrected chi connectivity index (χ3v) is 3.81. The van der Waals surface area contributed by atoms with Crippen LogP contribution in [0.2, 0.25) is 0 Å². The summed E-state index contributed by atoms with van der Waals surface area (Å²) < 4.78 is 0. The summed E-state index contributed by atoms with van der Waals surface area (Å²) in [7, 11) is 2.00. The average molecular weight is 265 g/mol. The summed E-state index contributed by atoms with van der Waals surface area (Å²) in [5.74, 6) is 0.333. The second-order valence-electron chi connectivity index (χ2n) is 5.10. The van der Waals surface area contributed by atoms with Crippen molar-refractivity contribution < 1.29 is 0 Å². The van der Waals surface area contributed by atoms with E-state index in [0.29, 0.717) is 5.92 Å². The van der Waals surface area contributed by atoms with E-state index in [1.54, 1.807) is 0 Å². The van der Waals surface area contributed by atoms with Gasteiger partial charge in [0.25, 0.3) is 0 Å². The van der Waals surface area contributed by atoms with Gasteiger partial charge >= 0.3 is 0 Å². The van der Waals surface area contributed by atoms with Crippen molar-refractivity contribution in [3.63, 3.8) is 0 Å². The van der Waals surface area contributed by atoms with Crippen LogP contribution in [0.1, 0.15) is 22.7 Å². The van der Waals surface area contributed by atoms with E-state index in [4.69, 9.17) is 0 Å². The fourth-order valence-electron chi connectivity index (χ4n) is 2.93. The zero-order valence-electron chi connectivity index (χ0n) is 11.9. The molecule has 20 heavy (non-hydrogen) atoms. The van der Waals surface area contributed by atoms with Crippen molar-refractivity contribution in [3.8, 4) is 0 Å². The summed E-state index contributed by atoms with van der Waals surface area (Å²) in [4.78, 5) is 7.62. The molecule has 0 amide bonds. The zero-order valence-corrected chi connectivity index (χ0v) is 11.9. The highest BCUT2D eigenvalue weighted by molar-refractivity contribution is 5.85. The number of aromatic amines is 1. The number of hydrogen-bond donors (Lipinski definition) is 2. The number of hydrogen-bond acceptors (Lipinski definition) is 2. The van der Waals surface area contributed by atoms with Crippen LogP contribution in [0.5, 0.6) is 0 Å². The van der Waals surface area contributed by atoms with Gasteiger partial charge < -0.3 is 10.3 Å². The minimum Gasteiger partial charge on any atom is -0.358 e. The number of benzene rings is 1. The Morgan fingerprint density at radius 2 is 1.90 bits per heavy atom. The van der Waals surface area contributed by atoms with Gasteiger partial charge in [-0.3, -0.25) is 4.98 Å². The van der Waals surface area contributed by atoms with E-state index in [9.17, 15) is 0 Å². The molecule has 1 aromatic carbocycles. The normalized spacial score (nSPS) is 12.7. The first kappa shape index (κ1) is 12.9. The van der Waals surface area contributed by atoms with Gasteiger partial charge in [-0.25, -0.2) is 0 Å². The van der Waals surface area contributed by atoms with Gasteiger partial charge in [0.2, 0.25) is 0 Å². The number of para-hydroxylation sites is 1. The van der Waals surface area contributed by atoms with Crippen LogP contribution in [0.15, 0.2) is 48.8 Å². The average Bonchev–Trinajstić information content (AvgIpc) is 2.82. The van der Waals surface area contributed by atoms with Gasteiger partial charge in [-0.05, 0) is 43.3 Å². The third kappa shape index (κ3) is 2.21. The number of nitrogens with zero attached hydrogens (tertiary/aromatic N) is 1. The van der Waals surface area contributed by atoms with Crippen molar-refractivity contribution in [2.75, 3.05) is 13.6 Å². The lowest BCUT2D eigenvalue weighted by Gasteiger charge is -2.18. The van der Waals surface area contributed by atoms with Gasteiger partial charge in [0.15, 0.2) is 0 Å². The van der Waals surface area contributed by atoms with Crippen molar-refractivity contribution in [2.24, 2.45) is 0 Å². The van der Waals surface area contributed by atoms with Crippen LogP contribution in [0.4, 0.5) is 0 Å². The van der Waals surface area contributed by atoms with Crippen LogP contribution in [0, 0.1) is 6.92 Å². The summed E-state index contributed by atoms with van der Waals surface area (Å²) in [6, 6.07) is 12.7. The van der Waals surface area contributed by atoms with Crippen LogP contribution in [0.3, 0.4) is 0 Å². The molecular weight excluding hydrogens is 246 g/mol. The van der Waals surface area contributed by atoms with E-state index in [-0.39, 0.29) is 0 Å². The molecule has 0 saturated heterocycles. The molecule has 2 N–H and O–H groups in total. The molecule has 0 aliphatic carbocycles. The van der Waals surface area contributed by atoms with Crippen molar-refractivity contribution in [1.82, 2.24) is 15.3 Å². The van der Waals surface area contributed by atoms with Crippen LogP contribution < -0.4 is 5.32 Å². The lowest BCUT2D eigenvalue weighted by Crippen LogP contribution is -2.18. The standard InChI is InChI=1S/C17H19N3/c1-12-17(14-5-3-4-6-16(14)20-12)15(11-18-2)13-7-9-19-10-8-13/h3-10,15,18,20H,11H2,1-2H3. The van der Waals surface area contributed by atoms with Gasteiger partial charge in [0, 0.05) is 41.5 Å². The van der Waals surface area contributed by atoms with Gasteiger partial charge in [-0.15, -0.1) is 0 Å². The number of aromatic nitrogens is 2. The van der Waals surface area contributed by atoms with Crippen molar-refractivity contribution >= 4 is 10.9 Å². The van der Waals surface area contributed by atoms with Crippen LogP contribution >= 0.6 is 0 Å². The summed E-state index contributed by atoms with van der Waals surface area (Å²) in [6.07, 6.45) is 3.73. The van der Waals surface area contributed by atoms with Crippen molar-refractivity contribution in [1.29, 1.82) is 0 Å². The number of likely N-dealkylation sites (N-methyl/N-ethyl adjacent to an activating group) is 1. The maximum atomic E-state index is 4.13. The Labute approximate surface area is 119 Å². The van der Waals surface area contributed by atoms with Crippen molar-refractivity contribution in [2.45, 2.75) is 12.8 Å². The molecule has 0 bridgehead atoms. The third-order valence-electron chi connectivity index (χ3n) is 3.81. The van der Waals surface area contributed by atoms with E-state index < -0.39 is 0 Å². The second kappa shape index (κ2) is 5.47. The fourth-order valence-corrected chi connectivity index (χ4v) is 2.93. The quantitative estimate of drug-likeness (QED) is 0.760. The smallest absolute Gasteiger partial charge is 0.0459 e. The lowest BCUT2D eigenvalue weighted by molar-refractivity contribution is 0.707. The van der Waals surface area contributed by atoms with Crippen LogP contribution in [-0.4, -0.2) is 23.6 Å². The molecule has 3 rings (SSSR count). The zero-order chi connectivity index (χ0) is 13.9. The van der Waals surface area contributed by atoms with Gasteiger partial charge in [0.1, 0.15) is 0 Å². The van der Waals surface area contributed by atoms with Crippen LogP contribution in [-0.2, 0) is 0 Å². The second-order valence-corrected chi connectivity index (χ2v) is 5.10. The van der Waals surface area contributed by atoms with Gasteiger partial charge in [0.05, 0.1) is 0 Å². The minimum absolute atomic E-state index is 0.333. The van der Waals surface area contributed by atoms with Gasteiger partial charge in [-0.1, -0.05) is 18.2 Å². The molecule has 0 aliphatic heterocycles. The molecule has 2 heterocycles. The first-order valence-corrected chi connectivity index (χ1v) is 6.93. The highest BCUT2D eigenvalue weighted by Crippen LogP contribution is 2.32. The fraction of sp³-hybridized carbons (Fsp3) is 0.235. The molecule has 0 spiro atoms. The first-order valence-electron chi connectivity index (χ1n) is 6.93. The highest BCUT2D eigenvalue weighted by Gasteiger charge is 2.19. The van der Waals surface area contributed by atoms with Crippen LogP contribution in [0.25, 0.3) is 10.9 Å². The van der Waals surface area contributed by atoms with E-state index in [0.717, 1.165) is 6.54 Å². The summed E-state index contributed by atoms with van der Waals surface area (Å²) in [5.41, 5.74) is 5.11. The number of rotatable bonds is 4. The molecule has 3 aromatic rings.